The van der Waals surface area contributed by atoms with Crippen LogP contribution < -0.4 is 15.5 Å². The standard InChI is InChI=1S/C29H30BN6/c1-4-30-25-14-21-13-19(25)16-35(21)27-12-11-20(15-31-27)36-29-18(2)7-5-9-23(29)28(33-36)22-8-6-10-26-24(22)17-34(3)32-26/h4,6,8-12,15,17,19,21,25H,1,5,7,13-14,16H2,2-3H3/t19-,21-,25?/m0/s1. The molecule has 1 radical (unpaired) electrons. The van der Waals surface area contributed by atoms with Crippen LogP contribution in [0, 0.1) is 5.92 Å². The van der Waals surface area contributed by atoms with Crippen LogP contribution in [0.5, 0.6) is 0 Å². The van der Waals surface area contributed by atoms with Gasteiger partial charge in [0.1, 0.15) is 18.8 Å². The van der Waals surface area contributed by atoms with Crippen molar-refractivity contribution in [3.8, 4) is 16.9 Å². The van der Waals surface area contributed by atoms with Gasteiger partial charge in [0.25, 0.3) is 0 Å². The van der Waals surface area contributed by atoms with Crippen molar-refractivity contribution in [2.24, 2.45) is 13.0 Å². The van der Waals surface area contributed by atoms with Gasteiger partial charge in [-0.2, -0.15) is 10.2 Å². The van der Waals surface area contributed by atoms with Gasteiger partial charge in [0, 0.05) is 42.0 Å². The quantitative estimate of drug-likeness (QED) is 0.414. The highest BCUT2D eigenvalue weighted by atomic mass is 15.3. The Morgan fingerprint density at radius 2 is 2.06 bits per heavy atom. The summed E-state index contributed by atoms with van der Waals surface area (Å²) in [4.78, 5) is 7.44. The Labute approximate surface area is 211 Å². The highest BCUT2D eigenvalue weighted by Crippen LogP contribution is 2.46. The van der Waals surface area contributed by atoms with E-state index in [0.717, 1.165) is 59.0 Å². The van der Waals surface area contributed by atoms with Crippen LogP contribution in [-0.4, -0.2) is 44.4 Å². The molecule has 4 heterocycles. The Morgan fingerprint density at radius 3 is 2.83 bits per heavy atom. The van der Waals surface area contributed by atoms with Gasteiger partial charge in [-0.3, -0.25) is 4.68 Å². The highest BCUT2D eigenvalue weighted by molar-refractivity contribution is 6.44. The molecule has 1 aromatic carbocycles. The average Bonchev–Trinajstić information content (AvgIpc) is 3.65. The van der Waals surface area contributed by atoms with Gasteiger partial charge in [-0.05, 0) is 62.3 Å². The van der Waals surface area contributed by atoms with E-state index in [4.69, 9.17) is 10.1 Å². The smallest absolute Gasteiger partial charge is 0.144 e. The average molecular weight is 473 g/mol. The van der Waals surface area contributed by atoms with E-state index in [9.17, 15) is 0 Å². The summed E-state index contributed by atoms with van der Waals surface area (Å²) in [5.41, 5.74) is 5.53. The van der Waals surface area contributed by atoms with Crippen molar-refractivity contribution in [1.82, 2.24) is 24.5 Å². The molecule has 3 atom stereocenters. The number of rotatable bonds is 5. The molecule has 6 nitrogen and oxygen atoms in total. The predicted molar refractivity (Wildman–Crippen MR) is 147 cm³/mol. The first kappa shape index (κ1) is 21.7. The normalized spacial score (nSPS) is 22.7. The van der Waals surface area contributed by atoms with E-state index in [1.165, 1.54) is 29.0 Å². The molecule has 1 saturated carbocycles. The van der Waals surface area contributed by atoms with Gasteiger partial charge in [0.15, 0.2) is 0 Å². The van der Waals surface area contributed by atoms with Crippen LogP contribution in [0.2, 0.25) is 5.82 Å². The summed E-state index contributed by atoms with van der Waals surface area (Å²) in [5.74, 6) is 4.44. The SMILES string of the molecule is C=C[B]C1C[C@@H]2C[C@H]1CN2c1ccc(-n2nc(-c3cccc4nn(C)cc34)c3c2=C(C)CCC=3)cn1. The number of hydrogen-bond acceptors (Lipinski definition) is 4. The minimum atomic E-state index is 0.587. The molecule has 2 aliphatic carbocycles. The molecule has 7 heteroatoms. The van der Waals surface area contributed by atoms with Gasteiger partial charge in [0.2, 0.25) is 0 Å². The van der Waals surface area contributed by atoms with Crippen molar-refractivity contribution in [1.29, 1.82) is 0 Å². The summed E-state index contributed by atoms with van der Waals surface area (Å²) in [6.07, 6.45) is 11.0. The zero-order valence-electron chi connectivity index (χ0n) is 20.9. The van der Waals surface area contributed by atoms with E-state index in [-0.39, 0.29) is 0 Å². The van der Waals surface area contributed by atoms with Crippen LogP contribution in [0.1, 0.15) is 32.6 Å². The summed E-state index contributed by atoms with van der Waals surface area (Å²) in [6.45, 7) is 7.22. The third-order valence-corrected chi connectivity index (χ3v) is 8.36. The molecule has 179 valence electrons. The molecule has 1 unspecified atom stereocenters. The van der Waals surface area contributed by atoms with Crippen molar-refractivity contribution in [2.45, 2.75) is 44.5 Å². The van der Waals surface area contributed by atoms with Crippen molar-refractivity contribution < 1.29 is 0 Å². The van der Waals surface area contributed by atoms with Crippen LogP contribution in [0.4, 0.5) is 5.82 Å². The summed E-state index contributed by atoms with van der Waals surface area (Å²) in [6, 6.07) is 11.3. The monoisotopic (exact) mass is 473 g/mol. The molecule has 1 aliphatic heterocycles. The lowest BCUT2D eigenvalue weighted by Crippen LogP contribution is -2.35. The molecule has 0 N–H and O–H groups in total. The first-order valence-electron chi connectivity index (χ1n) is 13.0. The van der Waals surface area contributed by atoms with Gasteiger partial charge in [0.05, 0.1) is 22.8 Å². The molecule has 36 heavy (non-hydrogen) atoms. The minimum Gasteiger partial charge on any atom is -0.353 e. The number of anilines is 1. The highest BCUT2D eigenvalue weighted by Gasteiger charge is 2.44. The molecule has 0 amide bonds. The van der Waals surface area contributed by atoms with E-state index in [1.807, 2.05) is 23.9 Å². The Hall–Kier alpha value is -3.61. The van der Waals surface area contributed by atoms with Gasteiger partial charge in [-0.1, -0.05) is 24.0 Å². The molecule has 2 fully saturated rings. The second-order valence-electron chi connectivity index (χ2n) is 10.6. The lowest BCUT2D eigenvalue weighted by Gasteiger charge is -2.32. The van der Waals surface area contributed by atoms with Crippen LogP contribution in [0.15, 0.2) is 55.3 Å². The zero-order valence-corrected chi connectivity index (χ0v) is 20.9. The third kappa shape index (κ3) is 3.29. The molecular weight excluding hydrogens is 443 g/mol. The second kappa shape index (κ2) is 8.22. The van der Waals surface area contributed by atoms with Gasteiger partial charge in [-0.15, -0.1) is 12.6 Å². The van der Waals surface area contributed by atoms with Gasteiger partial charge in [-0.25, -0.2) is 9.67 Å². The van der Waals surface area contributed by atoms with Crippen molar-refractivity contribution in [2.75, 3.05) is 11.4 Å². The molecule has 7 rings (SSSR count). The van der Waals surface area contributed by atoms with E-state index in [0.29, 0.717) is 11.9 Å². The summed E-state index contributed by atoms with van der Waals surface area (Å²) in [7, 11) is 4.26. The lowest BCUT2D eigenvalue weighted by atomic mass is 9.60. The fourth-order valence-corrected chi connectivity index (χ4v) is 6.70. The predicted octanol–water partition coefficient (Wildman–Crippen LogP) is 3.80. The first-order chi connectivity index (χ1) is 17.6. The summed E-state index contributed by atoms with van der Waals surface area (Å²) in [5, 5.41) is 13.4. The van der Waals surface area contributed by atoms with E-state index in [1.54, 1.807) is 0 Å². The molecule has 3 aromatic heterocycles. The number of pyridine rings is 1. The zero-order chi connectivity index (χ0) is 24.4. The maximum absolute atomic E-state index is 5.20. The molecule has 1 saturated heterocycles. The minimum absolute atomic E-state index is 0.587. The van der Waals surface area contributed by atoms with E-state index in [2.05, 4.69) is 78.1 Å². The van der Waals surface area contributed by atoms with Crippen LogP contribution in [-0.2, 0) is 7.05 Å². The maximum atomic E-state index is 5.20. The van der Waals surface area contributed by atoms with E-state index >= 15 is 0 Å². The fourth-order valence-electron chi connectivity index (χ4n) is 6.70. The Balaban J connectivity index is 1.29. The molecule has 2 bridgehead atoms. The first-order valence-corrected chi connectivity index (χ1v) is 13.0. The Morgan fingerprint density at radius 1 is 1.14 bits per heavy atom. The van der Waals surface area contributed by atoms with Gasteiger partial charge < -0.3 is 4.90 Å². The lowest BCUT2D eigenvalue weighted by molar-refractivity contribution is 0.547. The Bertz CT molecular complexity index is 1610. The number of nitrogens with zero attached hydrogens (tertiary/aromatic N) is 6. The Kier molecular flexibility index (Phi) is 4.95. The number of fused-ring (bicyclic) bond motifs is 4. The maximum Gasteiger partial charge on any atom is 0.144 e. The van der Waals surface area contributed by atoms with Crippen molar-refractivity contribution in [3.05, 3.63) is 65.8 Å². The van der Waals surface area contributed by atoms with Crippen LogP contribution in [0.3, 0.4) is 0 Å². The number of benzene rings is 1. The number of hydrogen-bond donors (Lipinski definition) is 0. The molecule has 0 spiro atoms. The van der Waals surface area contributed by atoms with Gasteiger partial charge >= 0.3 is 0 Å². The van der Waals surface area contributed by atoms with Crippen molar-refractivity contribution >= 4 is 35.6 Å². The summed E-state index contributed by atoms with van der Waals surface area (Å²) >= 11 is 0. The topological polar surface area (TPSA) is 51.8 Å². The number of aromatic nitrogens is 5. The second-order valence-corrected chi connectivity index (χ2v) is 10.6. The molecule has 3 aliphatic rings. The van der Waals surface area contributed by atoms with Crippen LogP contribution >= 0.6 is 0 Å². The third-order valence-electron chi connectivity index (χ3n) is 8.36. The number of piperidine rings is 1. The summed E-state index contributed by atoms with van der Waals surface area (Å²) < 4.78 is 3.98. The molecular formula is C29H30BN6. The number of aryl methyl sites for hydroxylation is 1. The molecule has 4 aromatic rings. The van der Waals surface area contributed by atoms with E-state index < -0.39 is 0 Å². The fraction of sp³-hybridized carbons (Fsp3) is 0.345. The van der Waals surface area contributed by atoms with Crippen molar-refractivity contribution in [3.63, 3.8) is 0 Å². The van der Waals surface area contributed by atoms with Crippen LogP contribution in [0.25, 0.3) is 39.5 Å². The largest absolute Gasteiger partial charge is 0.353 e.